The highest BCUT2D eigenvalue weighted by atomic mass is 32.2. The Bertz CT molecular complexity index is 307. The van der Waals surface area contributed by atoms with E-state index >= 15 is 0 Å². The molecule has 1 rings (SSSR count). The zero-order valence-electron chi connectivity index (χ0n) is 8.29. The minimum Gasteiger partial charge on any atom is -0.479 e. The molecule has 0 fully saturated rings. The molecule has 1 unspecified atom stereocenters. The van der Waals surface area contributed by atoms with Crippen LogP contribution in [0.1, 0.15) is 6.92 Å². The largest absolute Gasteiger partial charge is 0.479 e. The lowest BCUT2D eigenvalue weighted by atomic mass is 10.4. The summed E-state index contributed by atoms with van der Waals surface area (Å²) >= 11 is 1.34. The summed E-state index contributed by atoms with van der Waals surface area (Å²) in [6.07, 6.45) is 2.26. The molecule has 0 aliphatic carbocycles. The molecule has 0 saturated carbocycles. The molecular formula is C9H12N2O3S. The molecule has 0 saturated heterocycles. The monoisotopic (exact) mass is 228 g/mol. The normalized spacial score (nSPS) is 12.3. The van der Waals surface area contributed by atoms with Crippen LogP contribution in [0.2, 0.25) is 0 Å². The Hall–Kier alpha value is -1.14. The molecule has 15 heavy (non-hydrogen) atoms. The number of carboxylic acids is 1. The number of hydrogen-bond acceptors (Lipinski definition) is 5. The summed E-state index contributed by atoms with van der Waals surface area (Å²) in [4.78, 5) is 18.5. The number of thioether (sulfide) groups is 1. The Morgan fingerprint density at radius 1 is 1.73 bits per heavy atom. The highest BCUT2D eigenvalue weighted by molar-refractivity contribution is 7.99. The second-order valence-corrected chi connectivity index (χ2v) is 3.68. The zero-order chi connectivity index (χ0) is 11.1. The maximum Gasteiger partial charge on any atom is 0.333 e. The van der Waals surface area contributed by atoms with Gasteiger partial charge in [-0.1, -0.05) is 0 Å². The van der Waals surface area contributed by atoms with Crippen LogP contribution in [0.5, 0.6) is 0 Å². The lowest BCUT2D eigenvalue weighted by Crippen LogP contribution is -2.26. The van der Waals surface area contributed by atoms with Gasteiger partial charge in [-0.15, -0.1) is 11.8 Å². The maximum absolute atomic E-state index is 10.7. The first-order valence-electron chi connectivity index (χ1n) is 4.47. The van der Waals surface area contributed by atoms with Crippen LogP contribution in [0.4, 0.5) is 0 Å². The van der Waals surface area contributed by atoms with E-state index in [2.05, 4.69) is 9.97 Å². The van der Waals surface area contributed by atoms with Crippen molar-refractivity contribution in [2.45, 2.75) is 18.1 Å². The molecule has 1 N–H and O–H groups in total. The maximum atomic E-state index is 10.7. The van der Waals surface area contributed by atoms with Crippen molar-refractivity contribution in [1.29, 1.82) is 0 Å². The topological polar surface area (TPSA) is 72.3 Å². The molecular weight excluding hydrogens is 216 g/mol. The van der Waals surface area contributed by atoms with Crippen LogP contribution < -0.4 is 0 Å². The summed E-state index contributed by atoms with van der Waals surface area (Å²) in [5.74, 6) is -0.599. The highest BCUT2D eigenvalue weighted by Crippen LogP contribution is 2.15. The van der Waals surface area contributed by atoms with Crippen molar-refractivity contribution in [3.05, 3.63) is 18.6 Å². The summed E-state index contributed by atoms with van der Waals surface area (Å²) in [6, 6.07) is 1.73. The Kier molecular flexibility index (Phi) is 5.06. The first-order chi connectivity index (χ1) is 7.24. The van der Waals surface area contributed by atoms with E-state index in [1.165, 1.54) is 18.1 Å². The van der Waals surface area contributed by atoms with E-state index in [4.69, 9.17) is 9.84 Å². The van der Waals surface area contributed by atoms with Crippen LogP contribution in [0.3, 0.4) is 0 Å². The average molecular weight is 228 g/mol. The zero-order valence-corrected chi connectivity index (χ0v) is 9.11. The summed E-state index contributed by atoms with van der Waals surface area (Å²) in [7, 11) is 0. The third-order valence-corrected chi connectivity index (χ3v) is 2.59. The molecule has 1 aromatic rings. The van der Waals surface area contributed by atoms with E-state index in [1.807, 2.05) is 0 Å². The quantitative estimate of drug-likeness (QED) is 0.579. The molecule has 5 nitrogen and oxygen atoms in total. The third kappa shape index (κ3) is 4.26. The molecule has 0 spiro atoms. The molecule has 1 atom stereocenters. The fraction of sp³-hybridized carbons (Fsp3) is 0.444. The first-order valence-corrected chi connectivity index (χ1v) is 5.45. The fourth-order valence-electron chi connectivity index (χ4n) is 0.917. The van der Waals surface area contributed by atoms with E-state index < -0.39 is 12.1 Å². The highest BCUT2D eigenvalue weighted by Gasteiger charge is 2.17. The van der Waals surface area contributed by atoms with E-state index in [-0.39, 0.29) is 0 Å². The molecule has 0 amide bonds. The van der Waals surface area contributed by atoms with Crippen molar-refractivity contribution in [1.82, 2.24) is 9.97 Å². The van der Waals surface area contributed by atoms with Crippen molar-refractivity contribution in [2.24, 2.45) is 0 Å². The smallest absolute Gasteiger partial charge is 0.333 e. The summed E-state index contributed by atoms with van der Waals surface area (Å²) in [6.45, 7) is 2.16. The molecule has 6 heteroatoms. The number of carbonyl (C=O) groups is 1. The predicted octanol–water partition coefficient (Wildman–Crippen LogP) is 1.06. The van der Waals surface area contributed by atoms with Gasteiger partial charge >= 0.3 is 5.97 Å². The summed E-state index contributed by atoms with van der Waals surface area (Å²) in [5, 5.41) is 9.56. The van der Waals surface area contributed by atoms with Gasteiger partial charge in [-0.05, 0) is 13.0 Å². The van der Waals surface area contributed by atoms with Crippen LogP contribution in [0.25, 0.3) is 0 Å². The minimum absolute atomic E-state index is 0.347. The Morgan fingerprint density at radius 3 is 3.07 bits per heavy atom. The minimum atomic E-state index is -0.946. The number of aliphatic carboxylic acids is 1. The number of aromatic nitrogens is 2. The van der Waals surface area contributed by atoms with Gasteiger partial charge in [-0.2, -0.15) is 0 Å². The molecule has 0 aromatic carbocycles. The second kappa shape index (κ2) is 6.36. The Morgan fingerprint density at radius 2 is 2.53 bits per heavy atom. The Balaban J connectivity index is 2.43. The van der Waals surface area contributed by atoms with Crippen LogP contribution in [0, 0.1) is 0 Å². The summed E-state index contributed by atoms with van der Waals surface area (Å²) in [5.41, 5.74) is 0. The van der Waals surface area contributed by atoms with Gasteiger partial charge in [-0.25, -0.2) is 14.8 Å². The van der Waals surface area contributed by atoms with Gasteiger partial charge in [0.05, 0.1) is 5.03 Å². The average Bonchev–Trinajstić information content (AvgIpc) is 2.25. The van der Waals surface area contributed by atoms with Gasteiger partial charge in [0.25, 0.3) is 0 Å². The van der Waals surface area contributed by atoms with Crippen molar-refractivity contribution in [2.75, 3.05) is 12.4 Å². The first kappa shape index (κ1) is 11.9. The van der Waals surface area contributed by atoms with Gasteiger partial charge in [-0.3, -0.25) is 0 Å². The van der Waals surface area contributed by atoms with E-state index in [1.54, 1.807) is 19.2 Å². The number of ether oxygens (including phenoxy) is 1. The Labute approximate surface area is 91.9 Å². The van der Waals surface area contributed by atoms with E-state index in [9.17, 15) is 4.79 Å². The molecule has 0 aliphatic heterocycles. The van der Waals surface area contributed by atoms with E-state index in [0.29, 0.717) is 12.4 Å². The molecule has 1 heterocycles. The molecule has 0 radical (unpaired) electrons. The number of rotatable bonds is 6. The second-order valence-electron chi connectivity index (χ2n) is 2.64. The van der Waals surface area contributed by atoms with Gasteiger partial charge in [0.2, 0.25) is 0 Å². The van der Waals surface area contributed by atoms with Crippen LogP contribution in [-0.2, 0) is 9.53 Å². The lowest BCUT2D eigenvalue weighted by Gasteiger charge is -2.10. The molecule has 0 bridgehead atoms. The van der Waals surface area contributed by atoms with Gasteiger partial charge in [0.1, 0.15) is 6.33 Å². The molecule has 82 valence electrons. The fourth-order valence-corrected chi connectivity index (χ4v) is 1.76. The van der Waals surface area contributed by atoms with Crippen LogP contribution >= 0.6 is 11.8 Å². The summed E-state index contributed by atoms with van der Waals surface area (Å²) < 4.78 is 5.06. The standard InChI is InChI=1S/C9H12N2O3S/c1-2-14-7(9(12)13)5-15-8-3-4-10-6-11-8/h3-4,6-7H,2,5H2,1H3,(H,12,13). The van der Waals surface area contributed by atoms with Crippen molar-refractivity contribution < 1.29 is 14.6 Å². The van der Waals surface area contributed by atoms with Gasteiger partial charge < -0.3 is 9.84 Å². The molecule has 0 aliphatic rings. The number of hydrogen-bond donors (Lipinski definition) is 1. The third-order valence-electron chi connectivity index (χ3n) is 1.58. The van der Waals surface area contributed by atoms with Crippen LogP contribution in [0.15, 0.2) is 23.6 Å². The van der Waals surface area contributed by atoms with Gasteiger partial charge in [0.15, 0.2) is 6.10 Å². The van der Waals surface area contributed by atoms with E-state index in [0.717, 1.165) is 5.03 Å². The van der Waals surface area contributed by atoms with Crippen LogP contribution in [-0.4, -0.2) is 39.5 Å². The SMILES string of the molecule is CCOC(CSc1ccncn1)C(=O)O. The number of carboxylic acid groups (broad SMARTS) is 1. The predicted molar refractivity (Wildman–Crippen MR) is 55.8 cm³/mol. The number of nitrogens with zero attached hydrogens (tertiary/aromatic N) is 2. The van der Waals surface area contributed by atoms with Gasteiger partial charge in [0, 0.05) is 18.6 Å². The molecule has 1 aromatic heterocycles. The lowest BCUT2D eigenvalue weighted by molar-refractivity contribution is -0.148. The van der Waals surface area contributed by atoms with Crippen molar-refractivity contribution in [3.63, 3.8) is 0 Å². The van der Waals surface area contributed by atoms with Crippen molar-refractivity contribution in [3.8, 4) is 0 Å². The van der Waals surface area contributed by atoms with Crippen molar-refractivity contribution >= 4 is 17.7 Å².